The van der Waals surface area contributed by atoms with Crippen molar-refractivity contribution in [1.29, 1.82) is 0 Å². The van der Waals surface area contributed by atoms with Crippen molar-refractivity contribution in [3.05, 3.63) is 35.4 Å². The third kappa shape index (κ3) is 3.27. The third-order valence-electron chi connectivity index (χ3n) is 2.93. The van der Waals surface area contributed by atoms with Crippen LogP contribution >= 0.6 is 0 Å². The molecule has 0 bridgehead atoms. The van der Waals surface area contributed by atoms with Gasteiger partial charge in [-0.3, -0.25) is 0 Å². The van der Waals surface area contributed by atoms with Crippen LogP contribution in [0.4, 0.5) is 8.78 Å². The van der Waals surface area contributed by atoms with Gasteiger partial charge in [0.15, 0.2) is 11.6 Å². The van der Waals surface area contributed by atoms with E-state index in [0.717, 1.165) is 12.0 Å². The Morgan fingerprint density at radius 2 is 1.88 bits per heavy atom. The van der Waals surface area contributed by atoms with Crippen LogP contribution in [0, 0.1) is 11.6 Å². The minimum Gasteiger partial charge on any atom is -0.305 e. The molecule has 0 aliphatic rings. The van der Waals surface area contributed by atoms with Crippen LogP contribution in [-0.2, 0) is 0 Å². The monoisotopic (exact) mass is 227 g/mol. The fourth-order valence-electron chi connectivity index (χ4n) is 1.55. The molecule has 1 rings (SSSR count). The lowest BCUT2D eigenvalue weighted by molar-refractivity contribution is 0.337. The van der Waals surface area contributed by atoms with E-state index in [1.54, 1.807) is 6.07 Å². The first-order valence-electron chi connectivity index (χ1n) is 5.58. The van der Waals surface area contributed by atoms with Gasteiger partial charge in [-0.25, -0.2) is 8.78 Å². The van der Waals surface area contributed by atoms with Crippen LogP contribution in [0.25, 0.3) is 0 Å². The molecule has 16 heavy (non-hydrogen) atoms. The van der Waals surface area contributed by atoms with Crippen molar-refractivity contribution >= 4 is 0 Å². The summed E-state index contributed by atoms with van der Waals surface area (Å²) in [6.45, 7) is 8.21. The summed E-state index contributed by atoms with van der Waals surface area (Å²) in [7, 11) is 0. The number of rotatable bonds is 4. The van der Waals surface area contributed by atoms with Crippen molar-refractivity contribution in [1.82, 2.24) is 5.32 Å². The molecule has 1 nitrogen and oxygen atoms in total. The third-order valence-corrected chi connectivity index (χ3v) is 2.93. The summed E-state index contributed by atoms with van der Waals surface area (Å²) in [5.41, 5.74) is 0.755. The zero-order valence-corrected chi connectivity index (χ0v) is 10.3. The van der Waals surface area contributed by atoms with E-state index in [-0.39, 0.29) is 11.6 Å². The Labute approximate surface area is 95.9 Å². The summed E-state index contributed by atoms with van der Waals surface area (Å²) in [5.74, 6) is -1.59. The van der Waals surface area contributed by atoms with Gasteiger partial charge in [-0.15, -0.1) is 0 Å². The molecule has 0 amide bonds. The molecule has 3 heteroatoms. The van der Waals surface area contributed by atoms with Gasteiger partial charge in [0, 0.05) is 11.6 Å². The highest BCUT2D eigenvalue weighted by Crippen LogP contribution is 2.20. The van der Waals surface area contributed by atoms with Crippen LogP contribution in [0.1, 0.15) is 45.7 Å². The van der Waals surface area contributed by atoms with Crippen LogP contribution in [0.2, 0.25) is 0 Å². The molecule has 0 saturated carbocycles. The Kier molecular flexibility index (Phi) is 4.03. The van der Waals surface area contributed by atoms with E-state index >= 15 is 0 Å². The average Bonchev–Trinajstić information content (AvgIpc) is 2.21. The first-order valence-corrected chi connectivity index (χ1v) is 5.58. The van der Waals surface area contributed by atoms with Crippen LogP contribution in [0.3, 0.4) is 0 Å². The van der Waals surface area contributed by atoms with Gasteiger partial charge in [-0.1, -0.05) is 13.0 Å². The van der Waals surface area contributed by atoms with Gasteiger partial charge in [-0.2, -0.15) is 0 Å². The fraction of sp³-hybridized carbons (Fsp3) is 0.538. The van der Waals surface area contributed by atoms with Crippen LogP contribution in [0.5, 0.6) is 0 Å². The van der Waals surface area contributed by atoms with Crippen LogP contribution in [0.15, 0.2) is 18.2 Å². The van der Waals surface area contributed by atoms with Gasteiger partial charge in [0.2, 0.25) is 0 Å². The maximum atomic E-state index is 13.1. The lowest BCUT2D eigenvalue weighted by Crippen LogP contribution is -2.40. The fourth-order valence-corrected chi connectivity index (χ4v) is 1.55. The molecule has 0 heterocycles. The zero-order valence-electron chi connectivity index (χ0n) is 10.3. The lowest BCUT2D eigenvalue weighted by atomic mass is 9.98. The Balaban J connectivity index is 2.81. The molecular weight excluding hydrogens is 208 g/mol. The largest absolute Gasteiger partial charge is 0.305 e. The van der Waals surface area contributed by atoms with Crippen molar-refractivity contribution in [3.8, 4) is 0 Å². The minimum atomic E-state index is -0.800. The van der Waals surface area contributed by atoms with Gasteiger partial charge in [0.05, 0.1) is 0 Å². The molecule has 1 aromatic rings. The van der Waals surface area contributed by atoms with E-state index < -0.39 is 11.6 Å². The van der Waals surface area contributed by atoms with Crippen LogP contribution < -0.4 is 5.32 Å². The van der Waals surface area contributed by atoms with Crippen LogP contribution in [-0.4, -0.2) is 5.54 Å². The maximum absolute atomic E-state index is 13.1. The normalized spacial score (nSPS) is 13.9. The molecule has 1 atom stereocenters. The predicted molar refractivity (Wildman–Crippen MR) is 62.3 cm³/mol. The second-order valence-electron chi connectivity index (χ2n) is 4.78. The number of nitrogens with one attached hydrogen (secondary N) is 1. The molecule has 0 aromatic heterocycles. The molecule has 0 spiro atoms. The summed E-state index contributed by atoms with van der Waals surface area (Å²) in [6, 6.07) is 4.03. The summed E-state index contributed by atoms with van der Waals surface area (Å²) < 4.78 is 25.8. The van der Waals surface area contributed by atoms with E-state index in [0.29, 0.717) is 0 Å². The topological polar surface area (TPSA) is 12.0 Å². The van der Waals surface area contributed by atoms with Crippen molar-refractivity contribution in [2.45, 2.75) is 45.7 Å². The quantitative estimate of drug-likeness (QED) is 0.824. The molecular formula is C13H19F2N. The first kappa shape index (κ1) is 13.1. The van der Waals surface area contributed by atoms with Crippen molar-refractivity contribution < 1.29 is 8.78 Å². The Hall–Kier alpha value is -0.960. The maximum Gasteiger partial charge on any atom is 0.159 e. The Morgan fingerprint density at radius 3 is 2.38 bits per heavy atom. The standard InChI is InChI=1S/C13H19F2N/c1-5-13(3,4)16-9(2)10-6-7-11(14)12(15)8-10/h6-9,16H,5H2,1-4H3. The Morgan fingerprint density at radius 1 is 1.25 bits per heavy atom. The van der Waals surface area contributed by atoms with Gasteiger partial charge in [0.1, 0.15) is 0 Å². The minimum absolute atomic E-state index is 0.00468. The van der Waals surface area contributed by atoms with Crippen molar-refractivity contribution in [3.63, 3.8) is 0 Å². The highest BCUT2D eigenvalue weighted by molar-refractivity contribution is 5.21. The SMILES string of the molecule is CCC(C)(C)NC(C)c1ccc(F)c(F)c1. The van der Waals surface area contributed by atoms with E-state index in [1.165, 1.54) is 12.1 Å². The highest BCUT2D eigenvalue weighted by atomic mass is 19.2. The molecule has 1 aromatic carbocycles. The molecule has 0 aliphatic heterocycles. The Bertz CT molecular complexity index is 361. The number of halogens is 2. The smallest absolute Gasteiger partial charge is 0.159 e. The first-order chi connectivity index (χ1) is 7.35. The molecule has 1 unspecified atom stereocenters. The van der Waals surface area contributed by atoms with E-state index in [1.807, 2.05) is 6.92 Å². The molecule has 90 valence electrons. The highest BCUT2D eigenvalue weighted by Gasteiger charge is 2.19. The summed E-state index contributed by atoms with van der Waals surface area (Å²) in [4.78, 5) is 0. The molecule has 0 radical (unpaired) electrons. The summed E-state index contributed by atoms with van der Waals surface area (Å²) in [5, 5.41) is 3.38. The average molecular weight is 227 g/mol. The van der Waals surface area contributed by atoms with E-state index in [2.05, 4.69) is 26.1 Å². The molecule has 0 saturated heterocycles. The number of benzene rings is 1. The molecule has 0 aliphatic carbocycles. The molecule has 0 fully saturated rings. The summed E-state index contributed by atoms with van der Waals surface area (Å²) in [6.07, 6.45) is 0.973. The van der Waals surface area contributed by atoms with E-state index in [4.69, 9.17) is 0 Å². The van der Waals surface area contributed by atoms with Crippen molar-refractivity contribution in [2.24, 2.45) is 0 Å². The molecule has 1 N–H and O–H groups in total. The lowest BCUT2D eigenvalue weighted by Gasteiger charge is -2.29. The van der Waals surface area contributed by atoms with Gasteiger partial charge in [-0.05, 0) is 44.9 Å². The predicted octanol–water partition coefficient (Wildman–Crippen LogP) is 3.80. The van der Waals surface area contributed by atoms with Gasteiger partial charge in [0.25, 0.3) is 0 Å². The van der Waals surface area contributed by atoms with Gasteiger partial charge >= 0.3 is 0 Å². The second kappa shape index (κ2) is 4.91. The zero-order chi connectivity index (χ0) is 12.3. The van der Waals surface area contributed by atoms with E-state index in [9.17, 15) is 8.78 Å². The van der Waals surface area contributed by atoms with Crippen molar-refractivity contribution in [2.75, 3.05) is 0 Å². The number of hydrogen-bond donors (Lipinski definition) is 1. The van der Waals surface area contributed by atoms with Gasteiger partial charge < -0.3 is 5.32 Å². The summed E-state index contributed by atoms with van der Waals surface area (Å²) >= 11 is 0. The second-order valence-corrected chi connectivity index (χ2v) is 4.78. The number of hydrogen-bond acceptors (Lipinski definition) is 1.